The number of aromatic amines is 1. The number of aliphatic hydroxyl groups is 7. The first kappa shape index (κ1) is 31.8. The molecule has 8 N–H and O–H groups in total. The number of imide groups is 1. The highest BCUT2D eigenvalue weighted by Crippen LogP contribution is 2.63. The van der Waals surface area contributed by atoms with Crippen LogP contribution < -0.4 is 4.90 Å². The molecule has 1 aliphatic carbocycles. The lowest BCUT2D eigenvalue weighted by molar-refractivity contribution is -0.342. The first-order valence-electron chi connectivity index (χ1n) is 16.0. The maximum atomic E-state index is 13.8. The number of benzene rings is 2. The SMILES string of the molecule is CN1C(=O)[C@@H]2[C@@H]3c4ccccc4N([C@@H]4O[C@H](CO)[C@@H](O[C@@H]5O[C@H](CO)[C@@H](O)[C@H](O)[C@H]5O)[C@H](O)[C@H]4O)[C@@H]3c3[nH]c4ccccc4c3[C@@H]2C1=O. The molecule has 3 aromatic rings. The van der Waals surface area contributed by atoms with Crippen molar-refractivity contribution in [1.82, 2.24) is 9.88 Å². The van der Waals surface area contributed by atoms with E-state index < -0.39 is 98.4 Å². The van der Waals surface area contributed by atoms with Crippen LogP contribution in [0.3, 0.4) is 0 Å². The van der Waals surface area contributed by atoms with Crippen LogP contribution in [0.5, 0.6) is 0 Å². The van der Waals surface area contributed by atoms with E-state index in [0.717, 1.165) is 16.5 Å². The number of aliphatic hydroxyl groups excluding tert-OH is 7. The largest absolute Gasteiger partial charge is 0.394 e. The van der Waals surface area contributed by atoms with Crippen LogP contribution in [-0.2, 0) is 23.8 Å². The van der Waals surface area contributed by atoms with Gasteiger partial charge in [0.1, 0.15) is 48.8 Å². The standard InChI is InChI=1S/C33H37N3O12/c1-35-30(44)20-18-12-6-2-4-8-14(12)34-22(18)23-19(21(20)31(35)45)13-7-3-5-9-15(13)36(23)32-27(42)26(41)29(17(11-38)46-32)48-33-28(43)25(40)24(39)16(10-37)47-33/h2-9,16-17,19-21,23-29,32-34,37-43H,10-11H2,1H3/t16-,17-,19+,20+,21-,23+,24-,25+,26-,27-,28-,29-,32-,33+/m1/s1. The number of aromatic nitrogens is 1. The summed E-state index contributed by atoms with van der Waals surface area (Å²) in [5, 5.41) is 75.1. The summed E-state index contributed by atoms with van der Waals surface area (Å²) in [5.74, 6) is -2.67. The van der Waals surface area contributed by atoms with Gasteiger partial charge < -0.3 is 59.8 Å². The first-order valence-corrected chi connectivity index (χ1v) is 16.0. The Labute approximate surface area is 273 Å². The van der Waals surface area contributed by atoms with Crippen LogP contribution >= 0.6 is 0 Å². The monoisotopic (exact) mass is 667 g/mol. The molecule has 14 atom stereocenters. The summed E-state index contributed by atoms with van der Waals surface area (Å²) in [5.41, 5.74) is 3.47. The zero-order chi connectivity index (χ0) is 33.8. The number of nitrogens with one attached hydrogen (secondary N) is 1. The Balaban J connectivity index is 1.20. The zero-order valence-corrected chi connectivity index (χ0v) is 25.7. The number of carbonyl (C=O) groups is 2. The number of carbonyl (C=O) groups excluding carboxylic acids is 2. The van der Waals surface area contributed by atoms with E-state index in [1.54, 1.807) is 11.0 Å². The highest BCUT2D eigenvalue weighted by Gasteiger charge is 2.63. The molecule has 0 unspecified atom stereocenters. The number of anilines is 1. The molecule has 1 aromatic heterocycles. The van der Waals surface area contributed by atoms with Gasteiger partial charge in [0, 0.05) is 35.2 Å². The summed E-state index contributed by atoms with van der Waals surface area (Å²) < 4.78 is 17.6. The van der Waals surface area contributed by atoms with Gasteiger partial charge in [-0.25, -0.2) is 0 Å². The number of rotatable bonds is 5. The summed E-state index contributed by atoms with van der Waals surface area (Å²) >= 11 is 0. The second-order valence-electron chi connectivity index (χ2n) is 13.2. The van der Waals surface area contributed by atoms with Crippen LogP contribution in [0.2, 0.25) is 0 Å². The smallest absolute Gasteiger partial charge is 0.237 e. The molecule has 0 radical (unpaired) electrons. The minimum atomic E-state index is -1.80. The minimum Gasteiger partial charge on any atom is -0.394 e. The third kappa shape index (κ3) is 4.30. The van der Waals surface area contributed by atoms with Crippen LogP contribution in [0.1, 0.15) is 34.7 Å². The molecular formula is C33H37N3O12. The van der Waals surface area contributed by atoms with Crippen LogP contribution in [-0.4, -0.2) is 139 Å². The van der Waals surface area contributed by atoms with Crippen molar-refractivity contribution in [3.05, 3.63) is 65.4 Å². The van der Waals surface area contributed by atoms with E-state index in [2.05, 4.69) is 4.98 Å². The Bertz CT molecular complexity index is 1750. The predicted molar refractivity (Wildman–Crippen MR) is 163 cm³/mol. The number of likely N-dealkylation sites (N-methyl/N-ethyl adjacent to an activating group) is 1. The van der Waals surface area contributed by atoms with Crippen LogP contribution in [0.4, 0.5) is 5.69 Å². The molecule has 8 rings (SSSR count). The first-order chi connectivity index (χ1) is 23.1. The molecule has 4 aliphatic heterocycles. The summed E-state index contributed by atoms with van der Waals surface area (Å²) in [7, 11) is 1.48. The molecule has 2 amide bonds. The maximum Gasteiger partial charge on any atom is 0.237 e. The number of fused-ring (bicyclic) bond motifs is 10. The van der Waals surface area contributed by atoms with E-state index >= 15 is 0 Å². The number of amides is 2. The topological polar surface area (TPSA) is 226 Å². The number of ether oxygens (including phenoxy) is 3. The van der Waals surface area contributed by atoms with E-state index in [0.29, 0.717) is 16.9 Å². The summed E-state index contributed by atoms with van der Waals surface area (Å²) in [4.78, 5) is 34.0. The van der Waals surface area contributed by atoms with Gasteiger partial charge in [0.15, 0.2) is 12.5 Å². The highest BCUT2D eigenvalue weighted by atomic mass is 16.7. The predicted octanol–water partition coefficient (Wildman–Crippen LogP) is -1.85. The second kappa shape index (κ2) is 11.6. The molecule has 0 spiro atoms. The molecule has 5 aliphatic rings. The molecule has 256 valence electrons. The van der Waals surface area contributed by atoms with Gasteiger partial charge in [-0.15, -0.1) is 0 Å². The van der Waals surface area contributed by atoms with Gasteiger partial charge in [-0.2, -0.15) is 0 Å². The quantitative estimate of drug-likeness (QED) is 0.140. The number of H-pyrrole nitrogens is 1. The zero-order valence-electron chi connectivity index (χ0n) is 25.7. The van der Waals surface area contributed by atoms with Crippen molar-refractivity contribution in [2.45, 2.75) is 79.2 Å². The third-order valence-electron chi connectivity index (χ3n) is 10.8. The van der Waals surface area contributed by atoms with Crippen LogP contribution in [0.15, 0.2) is 48.5 Å². The van der Waals surface area contributed by atoms with Gasteiger partial charge in [0.2, 0.25) is 11.8 Å². The van der Waals surface area contributed by atoms with Crippen molar-refractivity contribution in [1.29, 1.82) is 0 Å². The number of hydrogen-bond acceptors (Lipinski definition) is 13. The molecule has 15 heteroatoms. The van der Waals surface area contributed by atoms with Crippen molar-refractivity contribution >= 4 is 28.4 Å². The Morgan fingerprint density at radius 3 is 2.25 bits per heavy atom. The second-order valence-corrected chi connectivity index (χ2v) is 13.2. The maximum absolute atomic E-state index is 13.8. The van der Waals surface area contributed by atoms with Crippen LogP contribution in [0, 0.1) is 5.92 Å². The van der Waals surface area contributed by atoms with E-state index in [9.17, 15) is 45.3 Å². The van der Waals surface area contributed by atoms with E-state index in [1.807, 2.05) is 42.5 Å². The van der Waals surface area contributed by atoms with Gasteiger partial charge in [-0.1, -0.05) is 36.4 Å². The van der Waals surface area contributed by atoms with Gasteiger partial charge in [-0.05, 0) is 23.3 Å². The molecule has 5 heterocycles. The average Bonchev–Trinajstić information content (AvgIpc) is 3.72. The lowest BCUT2D eigenvalue weighted by atomic mass is 9.68. The van der Waals surface area contributed by atoms with E-state index in [1.165, 1.54) is 11.9 Å². The fourth-order valence-electron chi connectivity index (χ4n) is 8.55. The van der Waals surface area contributed by atoms with Crippen molar-refractivity contribution in [3.63, 3.8) is 0 Å². The molecule has 0 saturated carbocycles. The Morgan fingerprint density at radius 1 is 0.792 bits per heavy atom. The van der Waals surface area contributed by atoms with Crippen molar-refractivity contribution in [2.75, 3.05) is 25.2 Å². The van der Waals surface area contributed by atoms with Crippen LogP contribution in [0.25, 0.3) is 10.9 Å². The van der Waals surface area contributed by atoms with Crippen molar-refractivity contribution in [2.24, 2.45) is 5.92 Å². The van der Waals surface area contributed by atoms with Gasteiger partial charge >= 0.3 is 0 Å². The highest BCUT2D eigenvalue weighted by molar-refractivity contribution is 6.11. The van der Waals surface area contributed by atoms with Crippen molar-refractivity contribution < 1.29 is 59.5 Å². The lowest BCUT2D eigenvalue weighted by Crippen LogP contribution is -2.67. The van der Waals surface area contributed by atoms with Gasteiger partial charge in [0.25, 0.3) is 0 Å². The molecule has 3 saturated heterocycles. The fourth-order valence-corrected chi connectivity index (χ4v) is 8.55. The number of likely N-dealkylation sites (tertiary alicyclic amines) is 1. The summed E-state index contributed by atoms with van der Waals surface area (Å²) in [6.45, 7) is -1.41. The fraction of sp³-hybridized carbons (Fsp3) is 0.515. The molecule has 3 fully saturated rings. The average molecular weight is 668 g/mol. The molecular weight excluding hydrogens is 630 g/mol. The minimum absolute atomic E-state index is 0.303. The molecule has 15 nitrogen and oxygen atoms in total. The van der Waals surface area contributed by atoms with Gasteiger partial charge in [-0.3, -0.25) is 14.5 Å². The Hall–Kier alpha value is -3.48. The molecule has 2 aromatic carbocycles. The summed E-state index contributed by atoms with van der Waals surface area (Å²) in [6, 6.07) is 14.1. The lowest BCUT2D eigenvalue weighted by Gasteiger charge is -2.50. The number of nitrogens with zero attached hydrogens (tertiary/aromatic N) is 2. The Morgan fingerprint density at radius 2 is 1.50 bits per heavy atom. The van der Waals surface area contributed by atoms with E-state index in [-0.39, 0.29) is 11.8 Å². The Kier molecular flexibility index (Phi) is 7.65. The molecule has 0 bridgehead atoms. The molecule has 48 heavy (non-hydrogen) atoms. The van der Waals surface area contributed by atoms with Crippen molar-refractivity contribution in [3.8, 4) is 0 Å². The third-order valence-corrected chi connectivity index (χ3v) is 10.8. The normalized spacial score (nSPS) is 40.6. The van der Waals surface area contributed by atoms with E-state index in [4.69, 9.17) is 14.2 Å². The number of para-hydroxylation sites is 2. The summed E-state index contributed by atoms with van der Waals surface area (Å²) in [6.07, 6.45) is -15.7. The van der Waals surface area contributed by atoms with Gasteiger partial charge in [0.05, 0.1) is 31.1 Å². The number of hydrogen-bond donors (Lipinski definition) is 8.